The van der Waals surface area contributed by atoms with Crippen LogP contribution in [0, 0.1) is 0 Å². The summed E-state index contributed by atoms with van der Waals surface area (Å²) in [5.41, 5.74) is 3.21. The Hall–Kier alpha value is -3.56. The van der Waals surface area contributed by atoms with Crippen molar-refractivity contribution in [2.45, 2.75) is 23.1 Å². The zero-order chi connectivity index (χ0) is 23.5. The van der Waals surface area contributed by atoms with Gasteiger partial charge in [0.2, 0.25) is 11.0 Å². The predicted molar refractivity (Wildman–Crippen MR) is 138 cm³/mol. The van der Waals surface area contributed by atoms with E-state index in [1.165, 1.54) is 23.1 Å². The quantitative estimate of drug-likeness (QED) is 0.251. The number of furan rings is 1. The first kappa shape index (κ1) is 22.2. The standard InChI is InChI=1S/C25H22N4O3S2/c1-15(33-25-29-28-24(34-25)26-14-16-8-4-3-5-9-16)23(30)27-19-13-21-18(12-22(19)31-2)17-10-6-7-11-20(17)32-21/h3-13,15H,14H2,1-2H3,(H,26,28)(H,27,30). The molecule has 0 aliphatic rings. The topological polar surface area (TPSA) is 89.3 Å². The minimum atomic E-state index is -0.383. The highest BCUT2D eigenvalue weighted by atomic mass is 32.2. The van der Waals surface area contributed by atoms with Crippen molar-refractivity contribution in [3.63, 3.8) is 0 Å². The van der Waals surface area contributed by atoms with Gasteiger partial charge in [-0.1, -0.05) is 71.6 Å². The second-order valence-corrected chi connectivity index (χ2v) is 10.2. The molecule has 0 radical (unpaired) electrons. The Labute approximate surface area is 204 Å². The molecule has 5 aromatic rings. The summed E-state index contributed by atoms with van der Waals surface area (Å²) in [5, 5.41) is 16.9. The lowest BCUT2D eigenvalue weighted by Crippen LogP contribution is -2.22. The summed E-state index contributed by atoms with van der Waals surface area (Å²) in [6.45, 7) is 2.50. The van der Waals surface area contributed by atoms with Gasteiger partial charge in [-0.05, 0) is 24.6 Å². The van der Waals surface area contributed by atoms with E-state index in [4.69, 9.17) is 9.15 Å². The molecule has 0 saturated carbocycles. The first-order valence-electron chi connectivity index (χ1n) is 10.7. The zero-order valence-electron chi connectivity index (χ0n) is 18.6. The molecule has 0 spiro atoms. The lowest BCUT2D eigenvalue weighted by atomic mass is 10.1. The summed E-state index contributed by atoms with van der Waals surface area (Å²) in [6, 6.07) is 21.6. The van der Waals surface area contributed by atoms with Crippen LogP contribution in [0.1, 0.15) is 12.5 Å². The molecule has 1 amide bonds. The van der Waals surface area contributed by atoms with Crippen LogP contribution >= 0.6 is 23.1 Å². The Morgan fingerprint density at radius 1 is 1.06 bits per heavy atom. The molecule has 0 aliphatic carbocycles. The maximum absolute atomic E-state index is 12.9. The average molecular weight is 491 g/mol. The third kappa shape index (κ3) is 4.71. The average Bonchev–Trinajstić information content (AvgIpc) is 3.46. The number of benzene rings is 3. The molecule has 0 saturated heterocycles. The van der Waals surface area contributed by atoms with Crippen molar-refractivity contribution in [3.8, 4) is 5.75 Å². The van der Waals surface area contributed by atoms with Crippen molar-refractivity contribution >= 4 is 61.8 Å². The molecule has 1 atom stereocenters. The second kappa shape index (κ2) is 9.74. The molecule has 0 fully saturated rings. The van der Waals surface area contributed by atoms with Crippen molar-refractivity contribution in [1.82, 2.24) is 10.2 Å². The van der Waals surface area contributed by atoms with Crippen molar-refractivity contribution in [2.24, 2.45) is 0 Å². The van der Waals surface area contributed by atoms with Crippen LogP contribution in [-0.2, 0) is 11.3 Å². The van der Waals surface area contributed by atoms with Crippen LogP contribution in [0.3, 0.4) is 0 Å². The van der Waals surface area contributed by atoms with E-state index in [0.29, 0.717) is 23.6 Å². The molecule has 172 valence electrons. The third-order valence-corrected chi connectivity index (χ3v) is 7.36. The van der Waals surface area contributed by atoms with E-state index >= 15 is 0 Å². The Balaban J connectivity index is 1.26. The van der Waals surface area contributed by atoms with Crippen molar-refractivity contribution in [1.29, 1.82) is 0 Å². The number of rotatable bonds is 8. The highest BCUT2D eigenvalue weighted by Gasteiger charge is 2.20. The highest BCUT2D eigenvalue weighted by Crippen LogP contribution is 2.37. The van der Waals surface area contributed by atoms with Crippen molar-refractivity contribution in [2.75, 3.05) is 17.7 Å². The zero-order valence-corrected chi connectivity index (χ0v) is 20.2. The van der Waals surface area contributed by atoms with Gasteiger partial charge in [-0.25, -0.2) is 0 Å². The fourth-order valence-electron chi connectivity index (χ4n) is 3.56. The summed E-state index contributed by atoms with van der Waals surface area (Å²) < 4.78 is 12.2. The molecule has 2 aromatic heterocycles. The molecule has 0 bridgehead atoms. The molecule has 34 heavy (non-hydrogen) atoms. The SMILES string of the molecule is COc1cc2c(cc1NC(=O)C(C)Sc1nnc(NCc3ccccc3)s1)oc1ccccc12. The number of nitrogens with one attached hydrogen (secondary N) is 2. The van der Waals surface area contributed by atoms with Gasteiger partial charge >= 0.3 is 0 Å². The Bertz CT molecular complexity index is 1450. The first-order valence-corrected chi connectivity index (χ1v) is 12.4. The van der Waals surface area contributed by atoms with Gasteiger partial charge in [0, 0.05) is 23.4 Å². The van der Waals surface area contributed by atoms with Gasteiger partial charge in [0.1, 0.15) is 16.9 Å². The van der Waals surface area contributed by atoms with Gasteiger partial charge in [-0.2, -0.15) is 0 Å². The maximum atomic E-state index is 12.9. The number of thioether (sulfide) groups is 1. The number of aromatic nitrogens is 2. The summed E-state index contributed by atoms with van der Waals surface area (Å²) in [6.07, 6.45) is 0. The van der Waals surface area contributed by atoms with E-state index in [2.05, 4.69) is 20.8 Å². The number of carbonyl (C=O) groups excluding carboxylic acids is 1. The van der Waals surface area contributed by atoms with Gasteiger partial charge < -0.3 is 19.8 Å². The molecule has 2 N–H and O–H groups in total. The van der Waals surface area contributed by atoms with E-state index in [9.17, 15) is 4.79 Å². The van der Waals surface area contributed by atoms with Crippen LogP contribution in [0.15, 0.2) is 75.5 Å². The van der Waals surface area contributed by atoms with Crippen LogP contribution in [0.5, 0.6) is 5.75 Å². The van der Waals surface area contributed by atoms with E-state index < -0.39 is 0 Å². The number of methoxy groups -OCH3 is 1. The number of ether oxygens (including phenoxy) is 1. The summed E-state index contributed by atoms with van der Waals surface area (Å²) in [5.74, 6) is 0.417. The fraction of sp³-hybridized carbons (Fsp3) is 0.160. The van der Waals surface area contributed by atoms with E-state index in [1.54, 1.807) is 13.2 Å². The molecular formula is C25H22N4O3S2. The smallest absolute Gasteiger partial charge is 0.237 e. The number of hydrogen-bond acceptors (Lipinski definition) is 8. The van der Waals surface area contributed by atoms with E-state index in [0.717, 1.165) is 31.4 Å². The molecule has 7 nitrogen and oxygen atoms in total. The van der Waals surface area contributed by atoms with Gasteiger partial charge in [-0.3, -0.25) is 4.79 Å². The Morgan fingerprint density at radius 2 is 1.85 bits per heavy atom. The van der Waals surface area contributed by atoms with Crippen LogP contribution in [0.25, 0.3) is 21.9 Å². The molecule has 1 unspecified atom stereocenters. The number of carbonyl (C=O) groups is 1. The van der Waals surface area contributed by atoms with E-state index in [-0.39, 0.29) is 11.2 Å². The number of amides is 1. The Kier molecular flexibility index (Phi) is 6.37. The highest BCUT2D eigenvalue weighted by molar-refractivity contribution is 8.02. The fourth-order valence-corrected chi connectivity index (χ4v) is 5.45. The minimum Gasteiger partial charge on any atom is -0.495 e. The minimum absolute atomic E-state index is 0.159. The van der Waals surface area contributed by atoms with Gasteiger partial charge in [0.05, 0.1) is 18.0 Å². The number of para-hydroxylation sites is 1. The third-order valence-electron chi connectivity index (χ3n) is 5.30. The van der Waals surface area contributed by atoms with Crippen molar-refractivity contribution < 1.29 is 13.9 Å². The molecule has 5 rings (SSSR count). The normalized spacial score (nSPS) is 12.1. The predicted octanol–water partition coefficient (Wildman–Crippen LogP) is 6.18. The molecule has 2 heterocycles. The lowest BCUT2D eigenvalue weighted by Gasteiger charge is -2.13. The molecular weight excluding hydrogens is 468 g/mol. The molecule has 3 aromatic carbocycles. The number of nitrogens with zero attached hydrogens (tertiary/aromatic N) is 2. The van der Waals surface area contributed by atoms with Crippen LogP contribution in [0.4, 0.5) is 10.8 Å². The largest absolute Gasteiger partial charge is 0.495 e. The second-order valence-electron chi connectivity index (χ2n) is 7.61. The van der Waals surface area contributed by atoms with Crippen LogP contribution in [0.2, 0.25) is 0 Å². The maximum Gasteiger partial charge on any atom is 0.237 e. The van der Waals surface area contributed by atoms with Gasteiger partial charge in [0.25, 0.3) is 0 Å². The van der Waals surface area contributed by atoms with Crippen LogP contribution in [-0.4, -0.2) is 28.5 Å². The van der Waals surface area contributed by atoms with Crippen LogP contribution < -0.4 is 15.4 Å². The summed E-state index contributed by atoms with van der Waals surface area (Å²) in [7, 11) is 1.59. The summed E-state index contributed by atoms with van der Waals surface area (Å²) in [4.78, 5) is 12.9. The van der Waals surface area contributed by atoms with E-state index in [1.807, 2.05) is 67.6 Å². The molecule has 0 aliphatic heterocycles. The Morgan fingerprint density at radius 3 is 2.68 bits per heavy atom. The number of fused-ring (bicyclic) bond motifs is 3. The van der Waals surface area contributed by atoms with Crippen molar-refractivity contribution in [3.05, 3.63) is 72.3 Å². The monoisotopic (exact) mass is 490 g/mol. The molecule has 9 heteroatoms. The van der Waals surface area contributed by atoms with Gasteiger partial charge in [-0.15, -0.1) is 10.2 Å². The first-order chi connectivity index (χ1) is 16.6. The summed E-state index contributed by atoms with van der Waals surface area (Å²) >= 11 is 2.79. The van der Waals surface area contributed by atoms with Gasteiger partial charge in [0.15, 0.2) is 4.34 Å². The number of hydrogen-bond donors (Lipinski definition) is 2. The number of anilines is 2. The lowest BCUT2D eigenvalue weighted by molar-refractivity contribution is -0.115.